The summed E-state index contributed by atoms with van der Waals surface area (Å²) in [7, 11) is 1.42. The quantitative estimate of drug-likeness (QED) is 0.788. The Morgan fingerprint density at radius 3 is 3.07 bits per heavy atom. The molecule has 1 aromatic rings. The highest BCUT2D eigenvalue weighted by atomic mass is 79.9. The van der Waals surface area contributed by atoms with Crippen LogP contribution >= 0.6 is 15.9 Å². The predicted molar refractivity (Wildman–Crippen MR) is 60.5 cm³/mol. The SMILES string of the molecule is COC(=O)C1Cc2cc(Br)ccc2CN1. The smallest absolute Gasteiger partial charge is 0.323 e. The number of benzene rings is 1. The van der Waals surface area contributed by atoms with Gasteiger partial charge >= 0.3 is 5.97 Å². The van der Waals surface area contributed by atoms with E-state index in [1.807, 2.05) is 6.07 Å². The molecule has 0 aromatic heterocycles. The third-order valence-electron chi connectivity index (χ3n) is 2.62. The summed E-state index contributed by atoms with van der Waals surface area (Å²) in [5.74, 6) is -0.194. The predicted octanol–water partition coefficient (Wildman–Crippen LogP) is 1.64. The molecular formula is C11H12BrNO2. The lowest BCUT2D eigenvalue weighted by atomic mass is 9.96. The molecule has 1 unspecified atom stereocenters. The molecule has 0 spiro atoms. The van der Waals surface area contributed by atoms with Gasteiger partial charge in [-0.1, -0.05) is 22.0 Å². The van der Waals surface area contributed by atoms with Crippen molar-refractivity contribution in [1.29, 1.82) is 0 Å². The third-order valence-corrected chi connectivity index (χ3v) is 3.11. The summed E-state index contributed by atoms with van der Waals surface area (Å²) in [6.45, 7) is 0.725. The van der Waals surface area contributed by atoms with Crippen LogP contribution in [0.25, 0.3) is 0 Å². The van der Waals surface area contributed by atoms with Crippen LogP contribution in [0, 0.1) is 0 Å². The largest absolute Gasteiger partial charge is 0.468 e. The van der Waals surface area contributed by atoms with Crippen molar-refractivity contribution >= 4 is 21.9 Å². The van der Waals surface area contributed by atoms with Crippen LogP contribution in [0.1, 0.15) is 11.1 Å². The van der Waals surface area contributed by atoms with E-state index in [1.165, 1.54) is 18.2 Å². The molecule has 0 fully saturated rings. The highest BCUT2D eigenvalue weighted by Gasteiger charge is 2.24. The van der Waals surface area contributed by atoms with Gasteiger partial charge in [0.2, 0.25) is 0 Å². The zero-order chi connectivity index (χ0) is 10.8. The van der Waals surface area contributed by atoms with Crippen molar-refractivity contribution in [3.8, 4) is 0 Å². The fourth-order valence-electron chi connectivity index (χ4n) is 1.79. The Balaban J connectivity index is 2.22. The second-order valence-electron chi connectivity index (χ2n) is 3.57. The van der Waals surface area contributed by atoms with Crippen LogP contribution in [0.5, 0.6) is 0 Å². The van der Waals surface area contributed by atoms with Crippen LogP contribution in [0.15, 0.2) is 22.7 Å². The van der Waals surface area contributed by atoms with Crippen LogP contribution in [0.4, 0.5) is 0 Å². The van der Waals surface area contributed by atoms with Gasteiger partial charge in [0.05, 0.1) is 7.11 Å². The van der Waals surface area contributed by atoms with Gasteiger partial charge in [-0.15, -0.1) is 0 Å². The molecule has 0 saturated carbocycles. The standard InChI is InChI=1S/C11H12BrNO2/c1-15-11(14)10-5-8-4-9(12)3-2-7(8)6-13-10/h2-4,10,13H,5-6H2,1H3. The molecule has 1 aromatic carbocycles. The molecule has 15 heavy (non-hydrogen) atoms. The first-order valence-corrected chi connectivity index (χ1v) is 5.58. The number of hydrogen-bond donors (Lipinski definition) is 1. The Kier molecular flexibility index (Phi) is 3.07. The van der Waals surface area contributed by atoms with Gasteiger partial charge in [0, 0.05) is 11.0 Å². The first kappa shape index (κ1) is 10.6. The summed E-state index contributed by atoms with van der Waals surface area (Å²) in [5.41, 5.74) is 2.46. The number of carbonyl (C=O) groups is 1. The van der Waals surface area contributed by atoms with Crippen molar-refractivity contribution in [2.24, 2.45) is 0 Å². The van der Waals surface area contributed by atoms with Gasteiger partial charge in [0.1, 0.15) is 6.04 Å². The minimum atomic E-state index is -0.211. The van der Waals surface area contributed by atoms with Crippen molar-refractivity contribution in [3.05, 3.63) is 33.8 Å². The van der Waals surface area contributed by atoms with E-state index in [1.54, 1.807) is 0 Å². The molecule has 4 heteroatoms. The van der Waals surface area contributed by atoms with E-state index in [2.05, 4.69) is 33.4 Å². The maximum Gasteiger partial charge on any atom is 0.323 e. The van der Waals surface area contributed by atoms with E-state index in [4.69, 9.17) is 4.74 Å². The molecule has 0 saturated heterocycles. The van der Waals surface area contributed by atoms with Gasteiger partial charge in [-0.3, -0.25) is 4.79 Å². The number of halogens is 1. The Hall–Kier alpha value is -0.870. The summed E-state index contributed by atoms with van der Waals surface area (Å²) < 4.78 is 5.77. The van der Waals surface area contributed by atoms with Crippen LogP contribution in [0.2, 0.25) is 0 Å². The number of rotatable bonds is 1. The van der Waals surface area contributed by atoms with Crippen molar-refractivity contribution < 1.29 is 9.53 Å². The van der Waals surface area contributed by atoms with Gasteiger partial charge < -0.3 is 10.1 Å². The third kappa shape index (κ3) is 2.21. The zero-order valence-electron chi connectivity index (χ0n) is 8.42. The summed E-state index contributed by atoms with van der Waals surface area (Å²) in [6, 6.07) is 5.93. The van der Waals surface area contributed by atoms with Crippen LogP contribution < -0.4 is 5.32 Å². The van der Waals surface area contributed by atoms with Crippen LogP contribution in [-0.2, 0) is 22.5 Å². The molecule has 0 radical (unpaired) electrons. The lowest BCUT2D eigenvalue weighted by Gasteiger charge is -2.24. The van der Waals surface area contributed by atoms with Gasteiger partial charge in [0.15, 0.2) is 0 Å². The Morgan fingerprint density at radius 1 is 1.53 bits per heavy atom. The van der Waals surface area contributed by atoms with E-state index in [0.717, 1.165) is 11.0 Å². The van der Waals surface area contributed by atoms with E-state index in [0.29, 0.717) is 6.42 Å². The second kappa shape index (κ2) is 4.33. The number of hydrogen-bond acceptors (Lipinski definition) is 3. The normalized spacial score (nSPS) is 19.5. The summed E-state index contributed by atoms with van der Waals surface area (Å²) in [6.07, 6.45) is 0.696. The highest BCUT2D eigenvalue weighted by Crippen LogP contribution is 2.21. The summed E-state index contributed by atoms with van der Waals surface area (Å²) in [5, 5.41) is 3.16. The van der Waals surface area contributed by atoms with Gasteiger partial charge in [-0.2, -0.15) is 0 Å². The van der Waals surface area contributed by atoms with Crippen molar-refractivity contribution in [2.75, 3.05) is 7.11 Å². The van der Waals surface area contributed by atoms with Crippen molar-refractivity contribution in [3.63, 3.8) is 0 Å². The molecule has 1 atom stereocenters. The highest BCUT2D eigenvalue weighted by molar-refractivity contribution is 9.10. The fourth-order valence-corrected chi connectivity index (χ4v) is 2.20. The molecule has 1 aliphatic rings. The second-order valence-corrected chi connectivity index (χ2v) is 4.49. The van der Waals surface area contributed by atoms with E-state index in [-0.39, 0.29) is 12.0 Å². The lowest BCUT2D eigenvalue weighted by Crippen LogP contribution is -2.42. The first-order valence-electron chi connectivity index (χ1n) is 4.79. The van der Waals surface area contributed by atoms with E-state index >= 15 is 0 Å². The van der Waals surface area contributed by atoms with Gasteiger partial charge in [-0.25, -0.2) is 0 Å². The molecule has 0 bridgehead atoms. The molecule has 2 rings (SSSR count). The number of methoxy groups -OCH3 is 1. The molecule has 3 nitrogen and oxygen atoms in total. The average molecular weight is 270 g/mol. The van der Waals surface area contributed by atoms with E-state index < -0.39 is 0 Å². The molecular weight excluding hydrogens is 258 g/mol. The zero-order valence-corrected chi connectivity index (χ0v) is 10.0. The topological polar surface area (TPSA) is 38.3 Å². The average Bonchev–Trinajstić information content (AvgIpc) is 2.27. The molecule has 0 amide bonds. The maximum atomic E-state index is 11.4. The molecule has 1 heterocycles. The van der Waals surface area contributed by atoms with Crippen molar-refractivity contribution in [2.45, 2.75) is 19.0 Å². The number of nitrogens with one attached hydrogen (secondary N) is 1. The minimum Gasteiger partial charge on any atom is -0.468 e. The molecule has 0 aliphatic carbocycles. The fraction of sp³-hybridized carbons (Fsp3) is 0.364. The van der Waals surface area contributed by atoms with Crippen LogP contribution in [0.3, 0.4) is 0 Å². The number of fused-ring (bicyclic) bond motifs is 1. The Bertz CT molecular complexity index is 392. The molecule has 80 valence electrons. The van der Waals surface area contributed by atoms with Crippen LogP contribution in [-0.4, -0.2) is 19.1 Å². The Morgan fingerprint density at radius 2 is 2.33 bits per heavy atom. The minimum absolute atomic E-state index is 0.194. The number of ether oxygens (including phenoxy) is 1. The lowest BCUT2D eigenvalue weighted by molar-refractivity contribution is -0.143. The summed E-state index contributed by atoms with van der Waals surface area (Å²) >= 11 is 3.43. The molecule has 1 aliphatic heterocycles. The van der Waals surface area contributed by atoms with Gasteiger partial charge in [0.25, 0.3) is 0 Å². The first-order chi connectivity index (χ1) is 7.20. The monoisotopic (exact) mass is 269 g/mol. The number of esters is 1. The van der Waals surface area contributed by atoms with Crippen molar-refractivity contribution in [1.82, 2.24) is 5.32 Å². The van der Waals surface area contributed by atoms with E-state index in [9.17, 15) is 4.79 Å². The number of carbonyl (C=O) groups excluding carboxylic acids is 1. The molecule has 1 N–H and O–H groups in total. The summed E-state index contributed by atoms with van der Waals surface area (Å²) in [4.78, 5) is 11.4. The van der Waals surface area contributed by atoms with Gasteiger partial charge in [-0.05, 0) is 29.7 Å². The maximum absolute atomic E-state index is 11.4. The Labute approximate surface area is 96.9 Å².